The molecule has 0 saturated heterocycles. The normalized spacial score (nSPS) is 12.0. The molecule has 3 nitrogen and oxygen atoms in total. The molecule has 0 spiro atoms. The smallest absolute Gasteiger partial charge is 0.145 e. The Labute approximate surface area is 230 Å². The molecule has 0 amide bonds. The molecule has 0 aliphatic carbocycles. The molecule has 6 aromatic carbocycles. The Morgan fingerprint density at radius 1 is 0.450 bits per heavy atom. The molecule has 0 N–H and O–H groups in total. The van der Waals surface area contributed by atoms with E-state index in [0.29, 0.717) is 0 Å². The van der Waals surface area contributed by atoms with E-state index >= 15 is 0 Å². The van der Waals surface area contributed by atoms with Crippen molar-refractivity contribution in [3.05, 3.63) is 140 Å². The summed E-state index contributed by atoms with van der Waals surface area (Å²) in [6.07, 6.45) is 1.89. The van der Waals surface area contributed by atoms with Crippen LogP contribution in [0, 0.1) is 0 Å². The minimum Gasteiger partial charge on any atom is -0.308 e. The second kappa shape index (κ2) is 8.05. The highest BCUT2D eigenvalue weighted by Gasteiger charge is 2.22. The van der Waals surface area contributed by atoms with Crippen molar-refractivity contribution >= 4 is 65.3 Å². The first-order chi connectivity index (χ1) is 19.9. The zero-order valence-corrected chi connectivity index (χ0v) is 21.6. The highest BCUT2D eigenvalue weighted by Crippen LogP contribution is 2.43. The van der Waals surface area contributed by atoms with Crippen molar-refractivity contribution in [3.63, 3.8) is 0 Å². The number of nitrogens with zero attached hydrogens (tertiary/aromatic N) is 3. The summed E-state index contributed by atoms with van der Waals surface area (Å²) in [5.74, 6) is 0. The first-order valence-corrected chi connectivity index (χ1v) is 13.7. The molecule has 9 rings (SSSR count). The lowest BCUT2D eigenvalue weighted by Gasteiger charge is -2.15. The molecule has 0 radical (unpaired) electrons. The fraction of sp³-hybridized carbons (Fsp3) is 0. The number of pyridine rings is 1. The fourth-order valence-electron chi connectivity index (χ4n) is 6.69. The molecule has 186 valence electrons. The third kappa shape index (κ3) is 2.81. The number of fused-ring (bicyclic) bond motifs is 10. The molecule has 0 aliphatic heterocycles. The minimum atomic E-state index is 0.969. The van der Waals surface area contributed by atoms with E-state index in [4.69, 9.17) is 4.98 Å². The molecule has 0 aliphatic rings. The average Bonchev–Trinajstić information content (AvgIpc) is 3.54. The SMILES string of the molecule is c1ccc(-n2c3ccc4c5ccccc5n(-c5cc6ccccc6c6ccccc56)c4c3c3cccnc32)cc1. The zero-order chi connectivity index (χ0) is 26.2. The quantitative estimate of drug-likeness (QED) is 0.213. The van der Waals surface area contributed by atoms with Gasteiger partial charge in [-0.2, -0.15) is 0 Å². The lowest BCUT2D eigenvalue weighted by molar-refractivity contribution is 1.14. The van der Waals surface area contributed by atoms with Crippen molar-refractivity contribution in [1.82, 2.24) is 14.1 Å². The van der Waals surface area contributed by atoms with Crippen LogP contribution < -0.4 is 0 Å². The van der Waals surface area contributed by atoms with Crippen LogP contribution in [0.5, 0.6) is 0 Å². The van der Waals surface area contributed by atoms with Gasteiger partial charge < -0.3 is 4.57 Å². The van der Waals surface area contributed by atoms with Crippen LogP contribution in [-0.2, 0) is 0 Å². The highest BCUT2D eigenvalue weighted by molar-refractivity contribution is 6.26. The van der Waals surface area contributed by atoms with Crippen molar-refractivity contribution in [2.75, 3.05) is 0 Å². The predicted molar refractivity (Wildman–Crippen MR) is 168 cm³/mol. The van der Waals surface area contributed by atoms with E-state index < -0.39 is 0 Å². The summed E-state index contributed by atoms with van der Waals surface area (Å²) >= 11 is 0. The van der Waals surface area contributed by atoms with E-state index in [9.17, 15) is 0 Å². The van der Waals surface area contributed by atoms with E-state index in [1.54, 1.807) is 0 Å². The number of hydrogen-bond acceptors (Lipinski definition) is 1. The topological polar surface area (TPSA) is 22.8 Å². The zero-order valence-electron chi connectivity index (χ0n) is 21.6. The summed E-state index contributed by atoms with van der Waals surface area (Å²) in [6, 6.07) is 48.0. The number of benzene rings is 6. The van der Waals surface area contributed by atoms with Crippen LogP contribution in [0.1, 0.15) is 0 Å². The Bertz CT molecular complexity index is 2430. The van der Waals surface area contributed by atoms with Gasteiger partial charge in [0.1, 0.15) is 5.65 Å². The summed E-state index contributed by atoms with van der Waals surface area (Å²) in [6.45, 7) is 0. The Balaban J connectivity index is 1.56. The summed E-state index contributed by atoms with van der Waals surface area (Å²) in [7, 11) is 0. The van der Waals surface area contributed by atoms with Crippen LogP contribution in [0.2, 0.25) is 0 Å². The van der Waals surface area contributed by atoms with Crippen LogP contribution in [0.25, 0.3) is 76.7 Å². The van der Waals surface area contributed by atoms with Crippen LogP contribution in [-0.4, -0.2) is 14.1 Å². The third-order valence-electron chi connectivity index (χ3n) is 8.32. The van der Waals surface area contributed by atoms with Crippen molar-refractivity contribution in [3.8, 4) is 11.4 Å². The maximum atomic E-state index is 4.90. The molecule has 0 unspecified atom stereocenters. The monoisotopic (exact) mass is 509 g/mol. The molecule has 9 aromatic rings. The van der Waals surface area contributed by atoms with Crippen LogP contribution in [0.15, 0.2) is 140 Å². The highest BCUT2D eigenvalue weighted by atomic mass is 15.1. The average molecular weight is 510 g/mol. The fourth-order valence-corrected chi connectivity index (χ4v) is 6.69. The van der Waals surface area contributed by atoms with Gasteiger partial charge in [-0.1, -0.05) is 91.0 Å². The lowest BCUT2D eigenvalue weighted by atomic mass is 10.00. The van der Waals surface area contributed by atoms with Crippen LogP contribution in [0.4, 0.5) is 0 Å². The first kappa shape index (κ1) is 21.5. The van der Waals surface area contributed by atoms with Gasteiger partial charge in [-0.05, 0) is 58.6 Å². The van der Waals surface area contributed by atoms with Crippen molar-refractivity contribution < 1.29 is 0 Å². The molecule has 40 heavy (non-hydrogen) atoms. The number of hydrogen-bond donors (Lipinski definition) is 0. The van der Waals surface area contributed by atoms with Crippen molar-refractivity contribution in [2.45, 2.75) is 0 Å². The minimum absolute atomic E-state index is 0.969. The van der Waals surface area contributed by atoms with Gasteiger partial charge in [-0.3, -0.25) is 4.57 Å². The molecule has 3 heterocycles. The van der Waals surface area contributed by atoms with Gasteiger partial charge in [-0.15, -0.1) is 0 Å². The third-order valence-corrected chi connectivity index (χ3v) is 8.32. The Kier molecular flexibility index (Phi) is 4.33. The van der Waals surface area contributed by atoms with Gasteiger partial charge in [0, 0.05) is 38.8 Å². The van der Waals surface area contributed by atoms with E-state index in [2.05, 4.69) is 137 Å². The Morgan fingerprint density at radius 2 is 1.15 bits per heavy atom. The molecule has 0 saturated carbocycles. The first-order valence-electron chi connectivity index (χ1n) is 13.7. The maximum absolute atomic E-state index is 4.90. The summed E-state index contributed by atoms with van der Waals surface area (Å²) < 4.78 is 4.79. The van der Waals surface area contributed by atoms with E-state index in [1.165, 1.54) is 54.4 Å². The maximum Gasteiger partial charge on any atom is 0.145 e. The van der Waals surface area contributed by atoms with Gasteiger partial charge in [0.05, 0.1) is 22.2 Å². The van der Waals surface area contributed by atoms with Crippen molar-refractivity contribution in [1.29, 1.82) is 0 Å². The molecule has 3 heteroatoms. The van der Waals surface area contributed by atoms with Gasteiger partial charge in [0.2, 0.25) is 0 Å². The number of aromatic nitrogens is 3. The molecule has 0 fully saturated rings. The second-order valence-electron chi connectivity index (χ2n) is 10.4. The molecular weight excluding hydrogens is 486 g/mol. The summed E-state index contributed by atoms with van der Waals surface area (Å²) in [4.78, 5) is 4.90. The molecule has 3 aromatic heterocycles. The van der Waals surface area contributed by atoms with Crippen LogP contribution in [0.3, 0.4) is 0 Å². The van der Waals surface area contributed by atoms with Gasteiger partial charge in [-0.25, -0.2) is 4.98 Å². The van der Waals surface area contributed by atoms with E-state index in [-0.39, 0.29) is 0 Å². The summed E-state index contributed by atoms with van der Waals surface area (Å²) in [5.41, 5.74) is 6.84. The molecule has 0 atom stereocenters. The standard InChI is InChI=1S/C37H23N3/c1-2-12-25(13-3-1)39-33-21-20-30-29-17-8-9-19-32(29)40(36(30)35(33)31-18-10-22-38-37(31)39)34-23-24-11-4-5-14-26(24)27-15-6-7-16-28(27)34/h1-23H. The van der Waals surface area contributed by atoms with E-state index in [1.807, 2.05) is 12.3 Å². The molecular formula is C37H23N3. The van der Waals surface area contributed by atoms with Gasteiger partial charge in [0.25, 0.3) is 0 Å². The second-order valence-corrected chi connectivity index (χ2v) is 10.4. The Hall–Kier alpha value is -5.41. The van der Waals surface area contributed by atoms with Gasteiger partial charge in [0.15, 0.2) is 0 Å². The largest absolute Gasteiger partial charge is 0.308 e. The summed E-state index contributed by atoms with van der Waals surface area (Å²) in [5, 5.41) is 9.89. The van der Waals surface area contributed by atoms with E-state index in [0.717, 1.165) is 22.2 Å². The number of rotatable bonds is 2. The van der Waals surface area contributed by atoms with Crippen molar-refractivity contribution in [2.24, 2.45) is 0 Å². The lowest BCUT2D eigenvalue weighted by Crippen LogP contribution is -1.97. The Morgan fingerprint density at radius 3 is 2.02 bits per heavy atom. The molecule has 0 bridgehead atoms. The van der Waals surface area contributed by atoms with Crippen LogP contribution >= 0.6 is 0 Å². The predicted octanol–water partition coefficient (Wildman–Crippen LogP) is 9.58. The number of para-hydroxylation sites is 2. The van der Waals surface area contributed by atoms with Gasteiger partial charge >= 0.3 is 0 Å².